The van der Waals surface area contributed by atoms with Crippen LogP contribution in [0.2, 0.25) is 0 Å². The van der Waals surface area contributed by atoms with E-state index in [4.69, 9.17) is 4.98 Å². The smallest absolute Gasteiger partial charge is 0.0834 e. The lowest BCUT2D eigenvalue weighted by Gasteiger charge is -2.19. The highest BCUT2D eigenvalue weighted by molar-refractivity contribution is 7.17. The maximum absolute atomic E-state index is 4.75. The van der Waals surface area contributed by atoms with Crippen LogP contribution in [-0.2, 0) is 5.41 Å². The standard InChI is InChI=1S/C14H20N2S/c1-5-7-15-11-9-12(14(2,3)4)16-10-6-8-17-13(10)11/h6,8-9H,5,7H2,1-4H3,(H,15,16). The third-order valence-corrected chi connectivity index (χ3v) is 3.68. The van der Waals surface area contributed by atoms with Crippen LogP contribution >= 0.6 is 11.3 Å². The summed E-state index contributed by atoms with van der Waals surface area (Å²) in [5.74, 6) is 0. The van der Waals surface area contributed by atoms with Gasteiger partial charge in [0.05, 0.1) is 15.9 Å². The number of thiophene rings is 1. The summed E-state index contributed by atoms with van der Waals surface area (Å²) in [4.78, 5) is 4.75. The Balaban J connectivity index is 2.51. The second-order valence-corrected chi connectivity index (χ2v) is 6.28. The van der Waals surface area contributed by atoms with Gasteiger partial charge >= 0.3 is 0 Å². The third kappa shape index (κ3) is 2.60. The summed E-state index contributed by atoms with van der Waals surface area (Å²) in [6, 6.07) is 4.31. The number of nitrogens with one attached hydrogen (secondary N) is 1. The van der Waals surface area contributed by atoms with Gasteiger partial charge in [-0.3, -0.25) is 4.98 Å². The minimum atomic E-state index is 0.0960. The highest BCUT2D eigenvalue weighted by atomic mass is 32.1. The first kappa shape index (κ1) is 12.4. The maximum Gasteiger partial charge on any atom is 0.0834 e. The molecule has 0 saturated heterocycles. The third-order valence-electron chi connectivity index (χ3n) is 2.74. The van der Waals surface area contributed by atoms with E-state index in [9.17, 15) is 0 Å². The first-order chi connectivity index (χ1) is 8.02. The number of hydrogen-bond acceptors (Lipinski definition) is 3. The topological polar surface area (TPSA) is 24.9 Å². The van der Waals surface area contributed by atoms with Gasteiger partial charge in [0.15, 0.2) is 0 Å². The minimum Gasteiger partial charge on any atom is -0.384 e. The molecular formula is C14H20N2S. The van der Waals surface area contributed by atoms with Crippen molar-refractivity contribution in [3.63, 3.8) is 0 Å². The molecule has 0 amide bonds. The fourth-order valence-corrected chi connectivity index (χ4v) is 2.56. The van der Waals surface area contributed by atoms with E-state index in [-0.39, 0.29) is 5.41 Å². The Morgan fingerprint density at radius 1 is 1.35 bits per heavy atom. The van der Waals surface area contributed by atoms with Crippen molar-refractivity contribution < 1.29 is 0 Å². The molecule has 0 bridgehead atoms. The van der Waals surface area contributed by atoms with Crippen LogP contribution in [0.15, 0.2) is 17.5 Å². The molecule has 17 heavy (non-hydrogen) atoms. The zero-order valence-electron chi connectivity index (χ0n) is 11.0. The number of hydrogen-bond donors (Lipinski definition) is 1. The van der Waals surface area contributed by atoms with Crippen molar-refractivity contribution in [1.29, 1.82) is 0 Å². The van der Waals surface area contributed by atoms with Gasteiger partial charge in [-0.2, -0.15) is 0 Å². The minimum absolute atomic E-state index is 0.0960. The zero-order valence-corrected chi connectivity index (χ0v) is 11.8. The van der Waals surface area contributed by atoms with Crippen molar-refractivity contribution >= 4 is 27.2 Å². The van der Waals surface area contributed by atoms with E-state index in [1.165, 1.54) is 10.4 Å². The van der Waals surface area contributed by atoms with Crippen molar-refractivity contribution in [3.05, 3.63) is 23.2 Å². The second kappa shape index (κ2) is 4.65. The van der Waals surface area contributed by atoms with Crippen molar-refractivity contribution in [2.45, 2.75) is 39.5 Å². The number of rotatable bonds is 3. The number of fused-ring (bicyclic) bond motifs is 1. The lowest BCUT2D eigenvalue weighted by atomic mass is 9.91. The van der Waals surface area contributed by atoms with E-state index in [0.717, 1.165) is 24.2 Å². The van der Waals surface area contributed by atoms with Gasteiger partial charge in [0.25, 0.3) is 0 Å². The van der Waals surface area contributed by atoms with Gasteiger partial charge in [-0.1, -0.05) is 27.7 Å². The van der Waals surface area contributed by atoms with Crippen LogP contribution in [-0.4, -0.2) is 11.5 Å². The van der Waals surface area contributed by atoms with Gasteiger partial charge in [0.2, 0.25) is 0 Å². The molecule has 3 heteroatoms. The molecule has 2 aromatic heterocycles. The number of anilines is 1. The van der Waals surface area contributed by atoms with Gasteiger partial charge in [-0.15, -0.1) is 11.3 Å². The van der Waals surface area contributed by atoms with E-state index >= 15 is 0 Å². The molecule has 0 aromatic carbocycles. The summed E-state index contributed by atoms with van der Waals surface area (Å²) in [6.07, 6.45) is 1.14. The fraction of sp³-hybridized carbons (Fsp3) is 0.500. The quantitative estimate of drug-likeness (QED) is 0.870. The van der Waals surface area contributed by atoms with Crippen LogP contribution < -0.4 is 5.32 Å². The Morgan fingerprint density at radius 3 is 2.76 bits per heavy atom. The summed E-state index contributed by atoms with van der Waals surface area (Å²) in [5.41, 5.74) is 3.60. The molecule has 0 aliphatic rings. The van der Waals surface area contributed by atoms with Gasteiger partial charge in [-0.05, 0) is 23.9 Å². The highest BCUT2D eigenvalue weighted by Crippen LogP contribution is 2.32. The van der Waals surface area contributed by atoms with Gasteiger partial charge in [0.1, 0.15) is 0 Å². The fourth-order valence-electron chi connectivity index (χ4n) is 1.73. The van der Waals surface area contributed by atoms with Crippen LogP contribution in [0.4, 0.5) is 5.69 Å². The summed E-state index contributed by atoms with van der Waals surface area (Å²) in [7, 11) is 0. The molecule has 0 radical (unpaired) electrons. The van der Waals surface area contributed by atoms with E-state index < -0.39 is 0 Å². The molecular weight excluding hydrogens is 228 g/mol. The summed E-state index contributed by atoms with van der Waals surface area (Å²) in [5, 5.41) is 5.62. The molecule has 0 saturated carbocycles. The lowest BCUT2D eigenvalue weighted by Crippen LogP contribution is -2.14. The van der Waals surface area contributed by atoms with Crippen LogP contribution in [0.5, 0.6) is 0 Å². The van der Waals surface area contributed by atoms with Crippen molar-refractivity contribution in [1.82, 2.24) is 4.98 Å². The molecule has 1 N–H and O–H groups in total. The molecule has 0 spiro atoms. The van der Waals surface area contributed by atoms with E-state index in [1.54, 1.807) is 11.3 Å². The Hall–Kier alpha value is -1.09. The summed E-state index contributed by atoms with van der Waals surface area (Å²) < 4.78 is 1.27. The van der Waals surface area contributed by atoms with Crippen molar-refractivity contribution in [2.24, 2.45) is 0 Å². The average molecular weight is 248 g/mol. The molecule has 2 aromatic rings. The molecule has 0 aliphatic heterocycles. The van der Waals surface area contributed by atoms with Crippen LogP contribution in [0.25, 0.3) is 10.2 Å². The second-order valence-electron chi connectivity index (χ2n) is 5.37. The summed E-state index contributed by atoms with van der Waals surface area (Å²) >= 11 is 1.76. The van der Waals surface area contributed by atoms with E-state index in [1.807, 2.05) is 0 Å². The van der Waals surface area contributed by atoms with Gasteiger partial charge < -0.3 is 5.32 Å². The van der Waals surface area contributed by atoms with Crippen LogP contribution in [0, 0.1) is 0 Å². The Morgan fingerprint density at radius 2 is 2.12 bits per heavy atom. The number of nitrogens with zero attached hydrogens (tertiary/aromatic N) is 1. The predicted molar refractivity (Wildman–Crippen MR) is 77.1 cm³/mol. The van der Waals surface area contributed by atoms with Crippen LogP contribution in [0.1, 0.15) is 39.8 Å². The molecule has 0 aliphatic carbocycles. The van der Waals surface area contributed by atoms with Gasteiger partial charge in [-0.25, -0.2) is 0 Å². The van der Waals surface area contributed by atoms with Crippen molar-refractivity contribution in [3.8, 4) is 0 Å². The molecule has 2 nitrogen and oxygen atoms in total. The molecule has 92 valence electrons. The lowest BCUT2D eigenvalue weighted by molar-refractivity contribution is 0.572. The monoisotopic (exact) mass is 248 g/mol. The normalized spacial score (nSPS) is 12.0. The molecule has 0 fully saturated rings. The first-order valence-corrected chi connectivity index (χ1v) is 7.03. The molecule has 2 rings (SSSR count). The maximum atomic E-state index is 4.75. The van der Waals surface area contributed by atoms with Crippen LogP contribution in [0.3, 0.4) is 0 Å². The SMILES string of the molecule is CCCNc1cc(C(C)(C)C)nc2ccsc12. The van der Waals surface area contributed by atoms with Crippen molar-refractivity contribution in [2.75, 3.05) is 11.9 Å². The van der Waals surface area contributed by atoms with E-state index in [0.29, 0.717) is 0 Å². The summed E-state index contributed by atoms with van der Waals surface area (Å²) in [6.45, 7) is 9.82. The number of aromatic nitrogens is 1. The Kier molecular flexibility index (Phi) is 3.38. The molecule has 0 unspecified atom stereocenters. The first-order valence-electron chi connectivity index (χ1n) is 6.15. The number of pyridine rings is 1. The predicted octanol–water partition coefficient (Wildman–Crippen LogP) is 4.42. The zero-order chi connectivity index (χ0) is 12.5. The highest BCUT2D eigenvalue weighted by Gasteiger charge is 2.18. The largest absolute Gasteiger partial charge is 0.384 e. The Bertz CT molecular complexity index is 508. The van der Waals surface area contributed by atoms with Gasteiger partial charge in [0, 0.05) is 17.7 Å². The molecule has 2 heterocycles. The average Bonchev–Trinajstić information content (AvgIpc) is 2.72. The van der Waals surface area contributed by atoms with E-state index in [2.05, 4.69) is 50.5 Å². The molecule has 0 atom stereocenters. The Labute approximate surface area is 107 Å².